The molecule has 3 aromatic rings. The summed E-state index contributed by atoms with van der Waals surface area (Å²) < 4.78 is 3.97. The summed E-state index contributed by atoms with van der Waals surface area (Å²) >= 11 is 5.03. The van der Waals surface area contributed by atoms with Crippen molar-refractivity contribution in [2.45, 2.75) is 13.1 Å². The van der Waals surface area contributed by atoms with Crippen molar-refractivity contribution in [1.29, 1.82) is 0 Å². The Morgan fingerprint density at radius 2 is 2.13 bits per heavy atom. The van der Waals surface area contributed by atoms with E-state index in [0.717, 1.165) is 5.56 Å². The van der Waals surface area contributed by atoms with E-state index in [9.17, 15) is 4.79 Å². The molecule has 23 heavy (non-hydrogen) atoms. The van der Waals surface area contributed by atoms with Crippen molar-refractivity contribution in [2.75, 3.05) is 0 Å². The fraction of sp³-hybridized carbons (Fsp3) is 0.200. The van der Waals surface area contributed by atoms with E-state index in [1.807, 2.05) is 30.3 Å². The third-order valence-electron chi connectivity index (χ3n) is 3.46. The predicted octanol–water partition coefficient (Wildman–Crippen LogP) is 1.65. The highest BCUT2D eigenvalue weighted by Gasteiger charge is 2.10. The zero-order valence-electron chi connectivity index (χ0n) is 12.6. The number of H-pyrrole nitrogens is 1. The molecule has 8 heteroatoms. The summed E-state index contributed by atoms with van der Waals surface area (Å²) in [5.41, 5.74) is 1.64. The molecule has 7 nitrogen and oxygen atoms in total. The van der Waals surface area contributed by atoms with Crippen LogP contribution >= 0.6 is 12.2 Å². The smallest absolute Gasteiger partial charge is 0.254 e. The van der Waals surface area contributed by atoms with Crippen LogP contribution in [0.1, 0.15) is 21.7 Å². The number of carbonyl (C=O) groups is 1. The molecule has 1 amide bonds. The van der Waals surface area contributed by atoms with Gasteiger partial charge in [-0.05, 0) is 17.8 Å². The lowest BCUT2D eigenvalue weighted by Crippen LogP contribution is -2.24. The van der Waals surface area contributed by atoms with Gasteiger partial charge in [0.25, 0.3) is 5.91 Å². The zero-order valence-corrected chi connectivity index (χ0v) is 13.4. The normalized spacial score (nSPS) is 10.7. The Bertz CT molecular complexity index is 863. The van der Waals surface area contributed by atoms with E-state index in [2.05, 4.69) is 20.6 Å². The van der Waals surface area contributed by atoms with Crippen LogP contribution in [0, 0.1) is 4.77 Å². The van der Waals surface area contributed by atoms with Crippen LogP contribution in [-0.2, 0) is 20.1 Å². The van der Waals surface area contributed by atoms with E-state index in [1.54, 1.807) is 28.7 Å². The van der Waals surface area contributed by atoms with Crippen molar-refractivity contribution in [3.8, 4) is 0 Å². The van der Waals surface area contributed by atoms with Crippen LogP contribution < -0.4 is 5.32 Å². The minimum atomic E-state index is -0.196. The fourth-order valence-electron chi connectivity index (χ4n) is 2.14. The molecule has 0 saturated heterocycles. The Balaban J connectivity index is 1.62. The van der Waals surface area contributed by atoms with E-state index in [1.165, 1.54) is 0 Å². The van der Waals surface area contributed by atoms with Gasteiger partial charge in [-0.2, -0.15) is 10.2 Å². The van der Waals surface area contributed by atoms with E-state index in [-0.39, 0.29) is 5.91 Å². The zero-order chi connectivity index (χ0) is 16.2. The molecule has 2 aromatic heterocycles. The van der Waals surface area contributed by atoms with E-state index in [0.29, 0.717) is 29.2 Å². The molecule has 0 unspecified atom stereocenters. The van der Waals surface area contributed by atoms with E-state index < -0.39 is 0 Å². The number of nitrogens with one attached hydrogen (secondary N) is 2. The molecular formula is C15H16N6OS. The second kappa shape index (κ2) is 6.57. The molecule has 1 aromatic carbocycles. The summed E-state index contributed by atoms with van der Waals surface area (Å²) in [4.78, 5) is 12.2. The molecule has 118 valence electrons. The number of aromatic nitrogens is 5. The predicted molar refractivity (Wildman–Crippen MR) is 87.3 cm³/mol. The lowest BCUT2D eigenvalue weighted by molar-refractivity contribution is 0.0949. The average Bonchev–Trinajstić information content (AvgIpc) is 3.15. The molecule has 0 spiro atoms. The third-order valence-corrected chi connectivity index (χ3v) is 3.83. The quantitative estimate of drug-likeness (QED) is 0.698. The van der Waals surface area contributed by atoms with Gasteiger partial charge in [0, 0.05) is 13.2 Å². The molecule has 0 radical (unpaired) electrons. The van der Waals surface area contributed by atoms with Crippen LogP contribution in [0.25, 0.3) is 0 Å². The standard InChI is InChI=1S/C15H16N6OS/c1-20-13(18-19-15(20)23)8-16-14(22)12-7-17-21(10-12)9-11-5-3-2-4-6-11/h2-7,10H,8-9H2,1H3,(H,16,22)(H,19,23). The van der Waals surface area contributed by atoms with Gasteiger partial charge in [0.2, 0.25) is 0 Å². The number of hydrogen-bond donors (Lipinski definition) is 2. The number of amides is 1. The summed E-state index contributed by atoms with van der Waals surface area (Å²) in [6, 6.07) is 9.96. The molecule has 0 saturated carbocycles. The highest BCUT2D eigenvalue weighted by molar-refractivity contribution is 7.71. The first kappa shape index (κ1) is 15.2. The maximum Gasteiger partial charge on any atom is 0.254 e. The van der Waals surface area contributed by atoms with Gasteiger partial charge in [-0.1, -0.05) is 30.3 Å². The van der Waals surface area contributed by atoms with Gasteiger partial charge < -0.3 is 9.88 Å². The Labute approximate surface area is 138 Å². The second-order valence-corrected chi connectivity index (χ2v) is 5.49. The number of aromatic amines is 1. The van der Waals surface area contributed by atoms with Crippen LogP contribution in [0.15, 0.2) is 42.7 Å². The minimum absolute atomic E-state index is 0.196. The van der Waals surface area contributed by atoms with E-state index in [4.69, 9.17) is 12.2 Å². The fourth-order valence-corrected chi connectivity index (χ4v) is 2.29. The number of benzene rings is 1. The summed E-state index contributed by atoms with van der Waals surface area (Å²) in [5.74, 6) is 0.471. The van der Waals surface area contributed by atoms with Gasteiger partial charge in [0.05, 0.1) is 24.8 Å². The Morgan fingerprint density at radius 1 is 1.35 bits per heavy atom. The van der Waals surface area contributed by atoms with Crippen molar-refractivity contribution < 1.29 is 4.79 Å². The molecule has 0 fully saturated rings. The monoisotopic (exact) mass is 328 g/mol. The molecule has 2 N–H and O–H groups in total. The van der Waals surface area contributed by atoms with Crippen LogP contribution in [0.4, 0.5) is 0 Å². The summed E-state index contributed by atoms with van der Waals surface area (Å²) in [6.07, 6.45) is 3.28. The molecule has 0 aliphatic heterocycles. The Morgan fingerprint density at radius 3 is 2.83 bits per heavy atom. The van der Waals surface area contributed by atoms with Crippen molar-refractivity contribution in [3.05, 3.63) is 64.4 Å². The topological polar surface area (TPSA) is 80.5 Å². The maximum atomic E-state index is 12.2. The van der Waals surface area contributed by atoms with Gasteiger partial charge >= 0.3 is 0 Å². The van der Waals surface area contributed by atoms with Gasteiger partial charge in [-0.25, -0.2) is 0 Å². The SMILES string of the molecule is Cn1c(CNC(=O)c2cnn(Cc3ccccc3)c2)n[nH]c1=S. The van der Waals surface area contributed by atoms with Crippen molar-refractivity contribution in [1.82, 2.24) is 29.9 Å². The van der Waals surface area contributed by atoms with Gasteiger partial charge in [0.1, 0.15) is 0 Å². The van der Waals surface area contributed by atoms with Crippen LogP contribution in [-0.4, -0.2) is 30.5 Å². The molecule has 0 atom stereocenters. The summed E-state index contributed by atoms with van der Waals surface area (Å²) in [5, 5.41) is 13.8. The Hall–Kier alpha value is -2.74. The molecule has 0 bridgehead atoms. The minimum Gasteiger partial charge on any atom is -0.345 e. The third kappa shape index (κ3) is 3.54. The maximum absolute atomic E-state index is 12.2. The van der Waals surface area contributed by atoms with Gasteiger partial charge in [-0.15, -0.1) is 0 Å². The first-order valence-corrected chi connectivity index (χ1v) is 7.49. The average molecular weight is 328 g/mol. The molecule has 0 aliphatic rings. The summed E-state index contributed by atoms with van der Waals surface area (Å²) in [7, 11) is 1.80. The highest BCUT2D eigenvalue weighted by atomic mass is 32.1. The number of hydrogen-bond acceptors (Lipinski definition) is 4. The largest absolute Gasteiger partial charge is 0.345 e. The van der Waals surface area contributed by atoms with Crippen LogP contribution in [0.5, 0.6) is 0 Å². The van der Waals surface area contributed by atoms with Crippen molar-refractivity contribution in [2.24, 2.45) is 7.05 Å². The van der Waals surface area contributed by atoms with Crippen LogP contribution in [0.3, 0.4) is 0 Å². The highest BCUT2D eigenvalue weighted by Crippen LogP contribution is 2.04. The molecule has 3 rings (SSSR count). The molecule has 2 heterocycles. The molecule has 0 aliphatic carbocycles. The van der Waals surface area contributed by atoms with Gasteiger partial charge in [0.15, 0.2) is 10.6 Å². The molecular weight excluding hydrogens is 312 g/mol. The van der Waals surface area contributed by atoms with Gasteiger partial charge in [-0.3, -0.25) is 14.6 Å². The number of carbonyl (C=O) groups excluding carboxylic acids is 1. The first-order chi connectivity index (χ1) is 11.1. The van der Waals surface area contributed by atoms with Crippen molar-refractivity contribution in [3.63, 3.8) is 0 Å². The number of nitrogens with zero attached hydrogens (tertiary/aromatic N) is 4. The number of rotatable bonds is 5. The second-order valence-electron chi connectivity index (χ2n) is 5.10. The lowest BCUT2D eigenvalue weighted by atomic mass is 10.2. The van der Waals surface area contributed by atoms with Crippen molar-refractivity contribution >= 4 is 18.1 Å². The lowest BCUT2D eigenvalue weighted by Gasteiger charge is -2.03. The van der Waals surface area contributed by atoms with E-state index >= 15 is 0 Å². The Kier molecular flexibility index (Phi) is 4.33. The first-order valence-electron chi connectivity index (χ1n) is 7.08. The summed E-state index contributed by atoms with van der Waals surface area (Å²) in [6.45, 7) is 0.925. The van der Waals surface area contributed by atoms with Crippen LogP contribution in [0.2, 0.25) is 0 Å².